The number of nitrogens with zero attached hydrogens (tertiary/aromatic N) is 1. The number of ether oxygens (including phenoxy) is 2. The van der Waals surface area contributed by atoms with Crippen LogP contribution in [0.15, 0.2) is 0 Å². The number of hydrogen-bond acceptors (Lipinski definition) is 3. The molecule has 0 spiro atoms. The lowest BCUT2D eigenvalue weighted by Gasteiger charge is -2.46. The second kappa shape index (κ2) is 9.47. The number of carbonyl (C=O) groups excluding carboxylic acids is 1. The van der Waals surface area contributed by atoms with Crippen molar-refractivity contribution in [1.82, 2.24) is 4.90 Å². The standard InChI is InChI=1S/C24H49NO3/c1-20(2,3)17-22(7,8)25(18-21(4,5)6)19(26)16-24(11,12)28-15-14-23(9,10)27-13/h14-18H2,1-13H3. The Hall–Kier alpha value is -0.610. The van der Waals surface area contributed by atoms with Crippen LogP contribution >= 0.6 is 0 Å². The SMILES string of the molecule is COC(C)(C)CCOC(C)(C)CC(=O)N(CC(C)(C)C)C(C)(C)CC(C)(C)C. The molecule has 0 saturated carbocycles. The van der Waals surface area contributed by atoms with Crippen molar-refractivity contribution < 1.29 is 14.3 Å². The molecule has 0 aromatic heterocycles. The van der Waals surface area contributed by atoms with Gasteiger partial charge in [-0.2, -0.15) is 0 Å². The molecule has 0 radical (unpaired) electrons. The van der Waals surface area contributed by atoms with Gasteiger partial charge in [-0.25, -0.2) is 0 Å². The molecule has 4 heteroatoms. The van der Waals surface area contributed by atoms with Crippen LogP contribution in [0.3, 0.4) is 0 Å². The van der Waals surface area contributed by atoms with E-state index < -0.39 is 5.60 Å². The lowest BCUT2D eigenvalue weighted by molar-refractivity contribution is -0.146. The van der Waals surface area contributed by atoms with Gasteiger partial charge < -0.3 is 14.4 Å². The van der Waals surface area contributed by atoms with Gasteiger partial charge in [-0.1, -0.05) is 41.5 Å². The van der Waals surface area contributed by atoms with Crippen molar-refractivity contribution in [2.45, 2.75) is 119 Å². The van der Waals surface area contributed by atoms with Crippen LogP contribution in [0.2, 0.25) is 0 Å². The molecule has 4 nitrogen and oxygen atoms in total. The second-order valence-corrected chi connectivity index (χ2v) is 12.6. The molecule has 0 N–H and O–H groups in total. The summed E-state index contributed by atoms with van der Waals surface area (Å²) in [5.74, 6) is 0.167. The summed E-state index contributed by atoms with van der Waals surface area (Å²) in [6.45, 7) is 27.1. The van der Waals surface area contributed by atoms with Crippen molar-refractivity contribution in [3.63, 3.8) is 0 Å². The van der Waals surface area contributed by atoms with E-state index in [9.17, 15) is 4.79 Å². The van der Waals surface area contributed by atoms with Crippen molar-refractivity contribution in [2.24, 2.45) is 10.8 Å². The fourth-order valence-corrected chi connectivity index (χ4v) is 3.69. The number of methoxy groups -OCH3 is 1. The number of amides is 1. The normalized spacial score (nSPS) is 14.3. The highest BCUT2D eigenvalue weighted by atomic mass is 16.5. The van der Waals surface area contributed by atoms with E-state index >= 15 is 0 Å². The van der Waals surface area contributed by atoms with E-state index in [4.69, 9.17) is 9.47 Å². The summed E-state index contributed by atoms with van der Waals surface area (Å²) in [7, 11) is 1.72. The van der Waals surface area contributed by atoms with Crippen LogP contribution in [0.4, 0.5) is 0 Å². The van der Waals surface area contributed by atoms with Crippen molar-refractivity contribution in [2.75, 3.05) is 20.3 Å². The Kier molecular flexibility index (Phi) is 9.26. The van der Waals surface area contributed by atoms with E-state index in [2.05, 4.69) is 74.1 Å². The quantitative estimate of drug-likeness (QED) is 0.447. The maximum absolute atomic E-state index is 13.4. The number of hydrogen-bond donors (Lipinski definition) is 0. The average molecular weight is 400 g/mol. The first-order valence-electron chi connectivity index (χ1n) is 10.7. The Morgan fingerprint density at radius 2 is 1.29 bits per heavy atom. The molecule has 0 aliphatic carbocycles. The van der Waals surface area contributed by atoms with E-state index in [1.54, 1.807) is 7.11 Å². The van der Waals surface area contributed by atoms with Crippen LogP contribution in [0.1, 0.15) is 102 Å². The van der Waals surface area contributed by atoms with Gasteiger partial charge in [-0.05, 0) is 65.2 Å². The topological polar surface area (TPSA) is 38.8 Å². The molecule has 168 valence electrons. The summed E-state index contributed by atoms with van der Waals surface area (Å²) in [4.78, 5) is 15.5. The first-order chi connectivity index (χ1) is 12.2. The van der Waals surface area contributed by atoms with Crippen LogP contribution in [0.5, 0.6) is 0 Å². The molecule has 0 fully saturated rings. The van der Waals surface area contributed by atoms with Gasteiger partial charge in [0.25, 0.3) is 0 Å². The predicted octanol–water partition coefficient (Wildman–Crippen LogP) is 6.08. The molecular formula is C24H49NO3. The van der Waals surface area contributed by atoms with E-state index in [-0.39, 0.29) is 27.9 Å². The summed E-state index contributed by atoms with van der Waals surface area (Å²) < 4.78 is 11.6. The number of rotatable bonds is 10. The molecule has 0 aliphatic heterocycles. The smallest absolute Gasteiger partial charge is 0.225 e. The highest BCUT2D eigenvalue weighted by Crippen LogP contribution is 2.34. The van der Waals surface area contributed by atoms with E-state index in [1.165, 1.54) is 0 Å². The molecule has 0 heterocycles. The minimum atomic E-state index is -0.505. The maximum atomic E-state index is 13.4. The lowest BCUT2D eigenvalue weighted by Crippen LogP contribution is -2.54. The van der Waals surface area contributed by atoms with Gasteiger partial charge in [0.05, 0.1) is 24.2 Å². The van der Waals surface area contributed by atoms with E-state index in [1.807, 2.05) is 13.8 Å². The van der Waals surface area contributed by atoms with Crippen LogP contribution in [0.25, 0.3) is 0 Å². The van der Waals surface area contributed by atoms with Crippen LogP contribution in [0, 0.1) is 10.8 Å². The summed E-state index contributed by atoms with van der Waals surface area (Å²) >= 11 is 0. The zero-order valence-electron chi connectivity index (χ0n) is 21.2. The molecule has 0 bridgehead atoms. The first kappa shape index (κ1) is 27.4. The van der Waals surface area contributed by atoms with Gasteiger partial charge in [0.1, 0.15) is 0 Å². The van der Waals surface area contributed by atoms with Gasteiger partial charge >= 0.3 is 0 Å². The van der Waals surface area contributed by atoms with Crippen LogP contribution in [-0.4, -0.2) is 47.8 Å². The van der Waals surface area contributed by atoms with Gasteiger partial charge in [0.15, 0.2) is 0 Å². The summed E-state index contributed by atoms with van der Waals surface area (Å²) in [5, 5.41) is 0. The third-order valence-electron chi connectivity index (χ3n) is 4.95. The molecule has 0 saturated heterocycles. The number of carbonyl (C=O) groups is 1. The van der Waals surface area contributed by atoms with Gasteiger partial charge in [-0.15, -0.1) is 0 Å². The van der Waals surface area contributed by atoms with Gasteiger partial charge in [-0.3, -0.25) is 4.79 Å². The molecule has 0 aromatic carbocycles. The average Bonchev–Trinajstić information content (AvgIpc) is 2.40. The van der Waals surface area contributed by atoms with Crippen molar-refractivity contribution in [1.29, 1.82) is 0 Å². The van der Waals surface area contributed by atoms with Crippen molar-refractivity contribution in [3.8, 4) is 0 Å². The van der Waals surface area contributed by atoms with Crippen LogP contribution in [-0.2, 0) is 14.3 Å². The fraction of sp³-hybridized carbons (Fsp3) is 0.958. The Bertz CT molecular complexity index is 493. The molecule has 0 atom stereocenters. The Morgan fingerprint density at radius 1 is 0.786 bits per heavy atom. The Morgan fingerprint density at radius 3 is 1.68 bits per heavy atom. The Labute approximate surface area is 175 Å². The molecule has 0 rings (SSSR count). The minimum absolute atomic E-state index is 0.0400. The second-order valence-electron chi connectivity index (χ2n) is 12.6. The maximum Gasteiger partial charge on any atom is 0.225 e. The highest BCUT2D eigenvalue weighted by Gasteiger charge is 2.38. The zero-order valence-corrected chi connectivity index (χ0v) is 21.2. The molecule has 0 unspecified atom stereocenters. The molecule has 0 aliphatic rings. The molecular weight excluding hydrogens is 350 g/mol. The molecule has 1 amide bonds. The lowest BCUT2D eigenvalue weighted by atomic mass is 9.79. The third-order valence-corrected chi connectivity index (χ3v) is 4.95. The van der Waals surface area contributed by atoms with Crippen molar-refractivity contribution in [3.05, 3.63) is 0 Å². The highest BCUT2D eigenvalue weighted by molar-refractivity contribution is 5.78. The summed E-state index contributed by atoms with van der Waals surface area (Å²) in [5.41, 5.74) is -0.741. The van der Waals surface area contributed by atoms with E-state index in [0.29, 0.717) is 13.0 Å². The third kappa shape index (κ3) is 11.4. The monoisotopic (exact) mass is 399 g/mol. The minimum Gasteiger partial charge on any atom is -0.379 e. The van der Waals surface area contributed by atoms with Gasteiger partial charge in [0, 0.05) is 19.2 Å². The van der Waals surface area contributed by atoms with Gasteiger partial charge in [0.2, 0.25) is 5.91 Å². The first-order valence-corrected chi connectivity index (χ1v) is 10.7. The van der Waals surface area contributed by atoms with E-state index in [0.717, 1.165) is 19.4 Å². The zero-order chi connectivity index (χ0) is 22.6. The Balaban J connectivity index is 5.28. The molecule has 0 aromatic rings. The summed E-state index contributed by atoms with van der Waals surface area (Å²) in [6, 6.07) is 0. The van der Waals surface area contributed by atoms with Crippen LogP contribution < -0.4 is 0 Å². The fourth-order valence-electron chi connectivity index (χ4n) is 3.69. The van der Waals surface area contributed by atoms with Crippen molar-refractivity contribution >= 4 is 5.91 Å². The summed E-state index contributed by atoms with van der Waals surface area (Å²) in [6.07, 6.45) is 2.12. The largest absolute Gasteiger partial charge is 0.379 e. The predicted molar refractivity (Wildman–Crippen MR) is 120 cm³/mol. The molecule has 28 heavy (non-hydrogen) atoms.